The van der Waals surface area contributed by atoms with E-state index in [1.165, 1.54) is 11.3 Å². The number of benzene rings is 1. The standard InChI is InChI=1S/C14H10N4O3S2/c19-13(10-7-23-18-17-10)16-14-15-9(6-22-14)8-1-2-11-12(5-8)21-4-3-20-11/h1-2,5-7H,3-4H2,(H,15,16,19). The van der Waals surface area contributed by atoms with Crippen molar-refractivity contribution >= 4 is 33.9 Å². The van der Waals surface area contributed by atoms with Crippen molar-refractivity contribution in [3.8, 4) is 22.8 Å². The summed E-state index contributed by atoms with van der Waals surface area (Å²) < 4.78 is 14.7. The second-order valence-electron chi connectivity index (χ2n) is 4.64. The van der Waals surface area contributed by atoms with E-state index in [0.717, 1.165) is 28.5 Å². The van der Waals surface area contributed by atoms with Crippen LogP contribution in [0.5, 0.6) is 11.5 Å². The molecule has 0 unspecified atom stereocenters. The molecule has 2 aromatic heterocycles. The van der Waals surface area contributed by atoms with Gasteiger partial charge in [-0.05, 0) is 29.7 Å². The van der Waals surface area contributed by atoms with E-state index in [2.05, 4.69) is 19.9 Å². The largest absolute Gasteiger partial charge is 0.486 e. The third-order valence-corrected chi connectivity index (χ3v) is 4.42. The van der Waals surface area contributed by atoms with Crippen molar-refractivity contribution in [2.45, 2.75) is 0 Å². The zero-order valence-electron chi connectivity index (χ0n) is 11.7. The first-order valence-corrected chi connectivity index (χ1v) is 8.45. The summed E-state index contributed by atoms with van der Waals surface area (Å²) in [6.07, 6.45) is 0. The van der Waals surface area contributed by atoms with Gasteiger partial charge in [0.2, 0.25) is 0 Å². The van der Waals surface area contributed by atoms with Crippen LogP contribution in [0, 0.1) is 0 Å². The van der Waals surface area contributed by atoms with Crippen molar-refractivity contribution < 1.29 is 14.3 Å². The molecule has 0 aliphatic carbocycles. The highest BCUT2D eigenvalue weighted by Crippen LogP contribution is 2.35. The first-order chi connectivity index (χ1) is 11.3. The molecule has 1 aliphatic rings. The topological polar surface area (TPSA) is 86.2 Å². The number of fused-ring (bicyclic) bond motifs is 1. The molecule has 1 amide bonds. The van der Waals surface area contributed by atoms with Crippen molar-refractivity contribution in [3.63, 3.8) is 0 Å². The lowest BCUT2D eigenvalue weighted by atomic mass is 10.1. The van der Waals surface area contributed by atoms with Gasteiger partial charge in [0.15, 0.2) is 22.3 Å². The summed E-state index contributed by atoms with van der Waals surface area (Å²) in [5.41, 5.74) is 1.95. The number of amides is 1. The van der Waals surface area contributed by atoms with Crippen LogP contribution in [-0.2, 0) is 0 Å². The van der Waals surface area contributed by atoms with Crippen LogP contribution in [0.1, 0.15) is 10.5 Å². The predicted molar refractivity (Wildman–Crippen MR) is 86.4 cm³/mol. The van der Waals surface area contributed by atoms with Crippen LogP contribution in [0.2, 0.25) is 0 Å². The van der Waals surface area contributed by atoms with Gasteiger partial charge in [-0.3, -0.25) is 10.1 Å². The summed E-state index contributed by atoms with van der Waals surface area (Å²) >= 11 is 2.48. The Balaban J connectivity index is 1.55. The minimum Gasteiger partial charge on any atom is -0.486 e. The van der Waals surface area contributed by atoms with Gasteiger partial charge in [-0.1, -0.05) is 4.49 Å². The number of aromatic nitrogens is 3. The summed E-state index contributed by atoms with van der Waals surface area (Å²) in [5.74, 6) is 1.13. The number of nitrogens with one attached hydrogen (secondary N) is 1. The average Bonchev–Trinajstić information content (AvgIpc) is 3.26. The second-order valence-corrected chi connectivity index (χ2v) is 6.11. The van der Waals surface area contributed by atoms with E-state index in [1.54, 1.807) is 5.38 Å². The number of ether oxygens (including phenoxy) is 2. The van der Waals surface area contributed by atoms with Crippen molar-refractivity contribution in [1.29, 1.82) is 0 Å². The number of carbonyl (C=O) groups excluding carboxylic acids is 1. The molecule has 0 saturated heterocycles. The highest BCUT2D eigenvalue weighted by molar-refractivity contribution is 7.14. The molecule has 23 heavy (non-hydrogen) atoms. The molecule has 0 spiro atoms. The third kappa shape index (κ3) is 2.88. The molecule has 0 radical (unpaired) electrons. The van der Waals surface area contributed by atoms with Crippen LogP contribution in [0.15, 0.2) is 29.0 Å². The molecule has 1 aromatic carbocycles. The minimum absolute atomic E-state index is 0.283. The van der Waals surface area contributed by atoms with Gasteiger partial charge in [0, 0.05) is 16.3 Å². The third-order valence-electron chi connectivity index (χ3n) is 3.16. The summed E-state index contributed by atoms with van der Waals surface area (Å²) in [4.78, 5) is 16.4. The molecule has 3 heterocycles. The Morgan fingerprint density at radius 2 is 2.04 bits per heavy atom. The Hall–Kier alpha value is -2.52. The van der Waals surface area contributed by atoms with Crippen molar-refractivity contribution in [2.24, 2.45) is 0 Å². The maximum absolute atomic E-state index is 11.9. The summed E-state index contributed by atoms with van der Waals surface area (Å²) in [5, 5.41) is 10.4. The van der Waals surface area contributed by atoms with Crippen LogP contribution in [-0.4, -0.2) is 33.7 Å². The van der Waals surface area contributed by atoms with Gasteiger partial charge in [0.25, 0.3) is 5.91 Å². The fourth-order valence-corrected chi connectivity index (χ4v) is 3.24. The molecular formula is C14H10N4O3S2. The van der Waals surface area contributed by atoms with Crippen molar-refractivity contribution in [2.75, 3.05) is 18.5 Å². The normalized spacial score (nSPS) is 12.9. The van der Waals surface area contributed by atoms with Gasteiger partial charge >= 0.3 is 0 Å². The Morgan fingerprint density at radius 3 is 2.87 bits per heavy atom. The molecule has 3 aromatic rings. The van der Waals surface area contributed by atoms with E-state index in [9.17, 15) is 4.79 Å². The molecule has 4 rings (SSSR count). The van der Waals surface area contributed by atoms with Gasteiger partial charge < -0.3 is 9.47 Å². The molecular weight excluding hydrogens is 336 g/mol. The zero-order chi connectivity index (χ0) is 15.6. The van der Waals surface area contributed by atoms with E-state index in [0.29, 0.717) is 24.1 Å². The Bertz CT molecular complexity index is 848. The van der Waals surface area contributed by atoms with E-state index in [-0.39, 0.29) is 11.6 Å². The van der Waals surface area contributed by atoms with Gasteiger partial charge in [0.05, 0.1) is 5.69 Å². The number of hydrogen-bond donors (Lipinski definition) is 1. The molecule has 0 atom stereocenters. The molecule has 0 fully saturated rings. The minimum atomic E-state index is -0.318. The monoisotopic (exact) mass is 346 g/mol. The summed E-state index contributed by atoms with van der Waals surface area (Å²) in [7, 11) is 0. The van der Waals surface area contributed by atoms with E-state index in [4.69, 9.17) is 9.47 Å². The lowest BCUT2D eigenvalue weighted by molar-refractivity contribution is 0.102. The Morgan fingerprint density at radius 1 is 1.17 bits per heavy atom. The van der Waals surface area contributed by atoms with Gasteiger partial charge in [-0.2, -0.15) is 0 Å². The SMILES string of the molecule is O=C(Nc1nc(-c2ccc3c(c2)OCCO3)cs1)c1csnn1. The maximum atomic E-state index is 11.9. The fourth-order valence-electron chi connectivity index (χ4n) is 2.09. The molecule has 9 heteroatoms. The van der Waals surface area contributed by atoms with Gasteiger partial charge in [-0.25, -0.2) is 4.98 Å². The fraction of sp³-hybridized carbons (Fsp3) is 0.143. The van der Waals surface area contributed by atoms with Crippen LogP contribution < -0.4 is 14.8 Å². The number of nitrogens with zero attached hydrogens (tertiary/aromatic N) is 3. The van der Waals surface area contributed by atoms with Crippen molar-refractivity contribution in [3.05, 3.63) is 34.7 Å². The lowest BCUT2D eigenvalue weighted by Gasteiger charge is -2.18. The highest BCUT2D eigenvalue weighted by Gasteiger charge is 2.15. The van der Waals surface area contributed by atoms with Crippen LogP contribution in [0.4, 0.5) is 5.13 Å². The van der Waals surface area contributed by atoms with E-state index < -0.39 is 0 Å². The van der Waals surface area contributed by atoms with Gasteiger partial charge in [-0.15, -0.1) is 16.4 Å². The van der Waals surface area contributed by atoms with Gasteiger partial charge in [0.1, 0.15) is 13.2 Å². The van der Waals surface area contributed by atoms with Crippen LogP contribution in [0.3, 0.4) is 0 Å². The lowest BCUT2D eigenvalue weighted by Crippen LogP contribution is -2.15. The van der Waals surface area contributed by atoms with E-state index >= 15 is 0 Å². The predicted octanol–water partition coefficient (Wildman–Crippen LogP) is 2.69. The molecule has 1 aliphatic heterocycles. The highest BCUT2D eigenvalue weighted by atomic mass is 32.1. The zero-order valence-corrected chi connectivity index (χ0v) is 13.3. The van der Waals surface area contributed by atoms with Crippen LogP contribution in [0.25, 0.3) is 11.3 Å². The van der Waals surface area contributed by atoms with Crippen LogP contribution >= 0.6 is 22.9 Å². The average molecular weight is 346 g/mol. The quantitative estimate of drug-likeness (QED) is 0.785. The Kier molecular flexibility index (Phi) is 3.64. The summed E-state index contributed by atoms with van der Waals surface area (Å²) in [6.45, 7) is 1.10. The van der Waals surface area contributed by atoms with Crippen molar-refractivity contribution in [1.82, 2.24) is 14.6 Å². The molecule has 0 saturated carbocycles. The maximum Gasteiger partial charge on any atom is 0.278 e. The first kappa shape index (κ1) is 14.1. The number of anilines is 1. The molecule has 7 nitrogen and oxygen atoms in total. The number of thiazole rings is 1. The molecule has 116 valence electrons. The molecule has 1 N–H and O–H groups in total. The second kappa shape index (κ2) is 5.94. The number of carbonyl (C=O) groups is 1. The molecule has 0 bridgehead atoms. The Labute approximate surface area is 139 Å². The number of hydrogen-bond acceptors (Lipinski definition) is 8. The first-order valence-electron chi connectivity index (χ1n) is 6.73. The summed E-state index contributed by atoms with van der Waals surface area (Å²) in [6, 6.07) is 5.67. The van der Waals surface area contributed by atoms with E-state index in [1.807, 2.05) is 23.6 Å². The number of rotatable bonds is 3. The smallest absolute Gasteiger partial charge is 0.278 e.